The molecule has 0 amide bonds. The average Bonchev–Trinajstić information content (AvgIpc) is 3.28. The van der Waals surface area contributed by atoms with Crippen molar-refractivity contribution in [1.82, 2.24) is 9.97 Å². The quantitative estimate of drug-likeness (QED) is 0.347. The van der Waals surface area contributed by atoms with Crippen molar-refractivity contribution in [1.29, 1.82) is 0 Å². The minimum Gasteiger partial charge on any atom is -0.493 e. The molecule has 4 rings (SSSR count). The number of nitrogens with zero attached hydrogens (tertiary/aromatic N) is 2. The Kier molecular flexibility index (Phi) is 6.69. The lowest BCUT2D eigenvalue weighted by atomic mass is 10.1. The molecule has 0 aliphatic rings. The zero-order chi connectivity index (χ0) is 23.4. The Labute approximate surface area is 193 Å². The Bertz CT molecular complexity index is 1310. The van der Waals surface area contributed by atoms with Crippen LogP contribution in [0, 0.1) is 5.82 Å². The van der Waals surface area contributed by atoms with Gasteiger partial charge in [0, 0.05) is 18.2 Å². The summed E-state index contributed by atoms with van der Waals surface area (Å²) in [4.78, 5) is 20.0. The van der Waals surface area contributed by atoms with Gasteiger partial charge in [0.2, 0.25) is 0 Å². The van der Waals surface area contributed by atoms with Crippen molar-refractivity contribution in [3.05, 3.63) is 65.0 Å². The van der Waals surface area contributed by atoms with Gasteiger partial charge in [0.15, 0.2) is 11.6 Å². The monoisotopic (exact) mass is 467 g/mol. The minimum atomic E-state index is -1.05. The van der Waals surface area contributed by atoms with E-state index in [1.807, 2.05) is 17.5 Å². The van der Waals surface area contributed by atoms with Gasteiger partial charge in [0.25, 0.3) is 0 Å². The predicted octanol–water partition coefficient (Wildman–Crippen LogP) is 5.26. The largest absolute Gasteiger partial charge is 0.493 e. The number of fused-ring (bicyclic) bond motifs is 1. The molecule has 0 bridgehead atoms. The van der Waals surface area contributed by atoms with Crippen LogP contribution in [0.1, 0.15) is 22.8 Å². The van der Waals surface area contributed by atoms with Gasteiger partial charge in [0.05, 0.1) is 24.1 Å². The molecule has 2 aromatic heterocycles. The smallest absolute Gasteiger partial charge is 0.339 e. The number of aromatic nitrogens is 2. The van der Waals surface area contributed by atoms with E-state index in [2.05, 4.69) is 15.3 Å². The molecule has 2 aromatic carbocycles. The molecule has 2 heterocycles. The van der Waals surface area contributed by atoms with Crippen LogP contribution >= 0.6 is 11.3 Å². The number of hydrogen-bond acceptors (Lipinski definition) is 7. The van der Waals surface area contributed by atoms with Gasteiger partial charge < -0.3 is 19.9 Å². The lowest BCUT2D eigenvalue weighted by Crippen LogP contribution is -2.08. The topological polar surface area (TPSA) is 93.6 Å². The first-order chi connectivity index (χ1) is 16.0. The van der Waals surface area contributed by atoms with Crippen molar-refractivity contribution in [2.75, 3.05) is 25.6 Å². The molecule has 0 aliphatic carbocycles. The molecule has 0 fully saturated rings. The van der Waals surface area contributed by atoms with Crippen LogP contribution < -0.4 is 14.8 Å². The number of halogens is 1. The first-order valence-corrected chi connectivity index (χ1v) is 11.2. The number of rotatable bonds is 9. The highest BCUT2D eigenvalue weighted by atomic mass is 32.1. The Balaban J connectivity index is 1.51. The van der Waals surface area contributed by atoms with Crippen LogP contribution in [0.2, 0.25) is 0 Å². The number of carboxylic acids is 1. The van der Waals surface area contributed by atoms with E-state index in [1.165, 1.54) is 30.8 Å². The van der Waals surface area contributed by atoms with Gasteiger partial charge in [0.1, 0.15) is 23.5 Å². The fourth-order valence-electron chi connectivity index (χ4n) is 3.59. The Morgan fingerprint density at radius 1 is 1.21 bits per heavy atom. The summed E-state index contributed by atoms with van der Waals surface area (Å²) in [7, 11) is 1.47. The number of carboxylic acid groups (broad SMARTS) is 1. The average molecular weight is 468 g/mol. The second-order valence-corrected chi connectivity index (χ2v) is 8.05. The molecular formula is C24H22FN3O4S. The maximum absolute atomic E-state index is 14.7. The van der Waals surface area contributed by atoms with Crippen molar-refractivity contribution in [3.8, 4) is 22.8 Å². The lowest BCUT2D eigenvalue weighted by molar-refractivity contribution is 0.0692. The maximum atomic E-state index is 14.7. The molecule has 9 heteroatoms. The number of hydrogen-bond donors (Lipinski definition) is 2. The first kappa shape index (κ1) is 22.5. The van der Waals surface area contributed by atoms with E-state index in [0.717, 1.165) is 10.9 Å². The summed E-state index contributed by atoms with van der Waals surface area (Å²) < 4.78 is 26.1. The summed E-state index contributed by atoms with van der Waals surface area (Å²) in [5.41, 5.74) is 2.19. The predicted molar refractivity (Wildman–Crippen MR) is 126 cm³/mol. The highest BCUT2D eigenvalue weighted by Gasteiger charge is 2.16. The van der Waals surface area contributed by atoms with Crippen molar-refractivity contribution in [2.45, 2.75) is 13.3 Å². The fraction of sp³-hybridized carbons (Fsp3) is 0.208. The van der Waals surface area contributed by atoms with Crippen molar-refractivity contribution >= 4 is 33.2 Å². The second-order valence-electron chi connectivity index (χ2n) is 7.14. The molecule has 0 saturated carbocycles. The molecule has 170 valence electrons. The third kappa shape index (κ3) is 4.73. The van der Waals surface area contributed by atoms with Gasteiger partial charge in [-0.25, -0.2) is 19.2 Å². The highest BCUT2D eigenvalue weighted by Crippen LogP contribution is 2.34. The Morgan fingerprint density at radius 3 is 2.82 bits per heavy atom. The summed E-state index contributed by atoms with van der Waals surface area (Å²) >= 11 is 1.35. The fourth-order valence-corrected chi connectivity index (χ4v) is 4.40. The normalized spacial score (nSPS) is 10.9. The molecule has 0 spiro atoms. The number of methoxy groups -OCH3 is 1. The molecule has 0 atom stereocenters. The van der Waals surface area contributed by atoms with Crippen LogP contribution in [-0.2, 0) is 6.42 Å². The number of anilines is 1. The number of benzene rings is 2. The van der Waals surface area contributed by atoms with E-state index in [9.17, 15) is 14.3 Å². The summed E-state index contributed by atoms with van der Waals surface area (Å²) in [5, 5.41) is 15.3. The number of aromatic carboxylic acids is 1. The van der Waals surface area contributed by atoms with Gasteiger partial charge in [-0.2, -0.15) is 0 Å². The molecular weight excluding hydrogens is 445 g/mol. The van der Waals surface area contributed by atoms with Crippen molar-refractivity contribution < 1.29 is 23.8 Å². The SMILES string of the molecule is CCOc1cc(-c2cc(NCCc3cc4ccsc4c(F)c3OC)ncn2)ccc1C(=O)O. The van der Waals surface area contributed by atoms with Crippen molar-refractivity contribution in [2.24, 2.45) is 0 Å². The van der Waals surface area contributed by atoms with Crippen LogP contribution in [0.15, 0.2) is 48.1 Å². The lowest BCUT2D eigenvalue weighted by Gasteiger charge is -2.12. The van der Waals surface area contributed by atoms with Gasteiger partial charge in [-0.15, -0.1) is 11.3 Å². The van der Waals surface area contributed by atoms with E-state index < -0.39 is 5.97 Å². The number of nitrogens with one attached hydrogen (secondary N) is 1. The molecule has 33 heavy (non-hydrogen) atoms. The van der Waals surface area contributed by atoms with E-state index in [0.29, 0.717) is 41.3 Å². The van der Waals surface area contributed by atoms with E-state index in [1.54, 1.807) is 25.1 Å². The van der Waals surface area contributed by atoms with Gasteiger partial charge >= 0.3 is 5.97 Å². The van der Waals surface area contributed by atoms with Gasteiger partial charge in [-0.1, -0.05) is 6.07 Å². The molecule has 2 N–H and O–H groups in total. The third-order valence-corrected chi connectivity index (χ3v) is 6.02. The third-order valence-electron chi connectivity index (χ3n) is 5.10. The van der Waals surface area contributed by atoms with Crippen LogP contribution in [0.4, 0.5) is 10.2 Å². The van der Waals surface area contributed by atoms with Gasteiger partial charge in [-0.3, -0.25) is 0 Å². The highest BCUT2D eigenvalue weighted by molar-refractivity contribution is 7.17. The second kappa shape index (κ2) is 9.83. The van der Waals surface area contributed by atoms with E-state index in [-0.39, 0.29) is 22.9 Å². The molecule has 0 saturated heterocycles. The van der Waals surface area contributed by atoms with Crippen LogP contribution in [-0.4, -0.2) is 41.3 Å². The first-order valence-electron chi connectivity index (χ1n) is 10.3. The van der Waals surface area contributed by atoms with Crippen LogP contribution in [0.3, 0.4) is 0 Å². The van der Waals surface area contributed by atoms with Crippen LogP contribution in [0.5, 0.6) is 11.5 Å². The van der Waals surface area contributed by atoms with Crippen molar-refractivity contribution in [3.63, 3.8) is 0 Å². The maximum Gasteiger partial charge on any atom is 0.339 e. The summed E-state index contributed by atoms with van der Waals surface area (Å²) in [6.45, 7) is 2.65. The zero-order valence-corrected chi connectivity index (χ0v) is 18.9. The molecule has 0 unspecified atom stereocenters. The van der Waals surface area contributed by atoms with E-state index in [4.69, 9.17) is 9.47 Å². The van der Waals surface area contributed by atoms with E-state index >= 15 is 0 Å². The van der Waals surface area contributed by atoms with Gasteiger partial charge in [-0.05, 0) is 53.9 Å². The molecule has 0 aliphatic heterocycles. The molecule has 0 radical (unpaired) electrons. The zero-order valence-electron chi connectivity index (χ0n) is 18.1. The summed E-state index contributed by atoms with van der Waals surface area (Å²) in [6.07, 6.45) is 1.97. The summed E-state index contributed by atoms with van der Waals surface area (Å²) in [6, 6.07) is 10.4. The number of carbonyl (C=O) groups is 1. The Hall–Kier alpha value is -3.72. The van der Waals surface area contributed by atoms with Crippen LogP contribution in [0.25, 0.3) is 21.3 Å². The summed E-state index contributed by atoms with van der Waals surface area (Å²) in [5.74, 6) is -0.247. The number of thiophene rings is 1. The standard InChI is InChI=1S/C24H22FN3O4S/c1-3-32-19-11-14(4-5-17(19)24(29)30)18-12-20(28-13-27-18)26-8-6-15-10-16-7-9-33-23(16)21(25)22(15)31-2/h4-5,7,9-13H,3,6,8H2,1-2H3,(H,29,30)(H,26,27,28). The molecule has 7 nitrogen and oxygen atoms in total. The number of ether oxygens (including phenoxy) is 2. The minimum absolute atomic E-state index is 0.0942. The molecule has 4 aromatic rings. The Morgan fingerprint density at radius 2 is 2.06 bits per heavy atom.